The van der Waals surface area contributed by atoms with Crippen LogP contribution in [0.15, 0.2) is 17.9 Å². The van der Waals surface area contributed by atoms with Gasteiger partial charge in [0.25, 0.3) is 0 Å². The molecule has 0 aromatic carbocycles. The topological polar surface area (TPSA) is 56.7 Å². The van der Waals surface area contributed by atoms with Crippen LogP contribution in [0.25, 0.3) is 0 Å². The van der Waals surface area contributed by atoms with Crippen molar-refractivity contribution in [3.8, 4) is 0 Å². The van der Waals surface area contributed by atoms with Crippen molar-refractivity contribution >= 4 is 11.3 Å². The van der Waals surface area contributed by atoms with Crippen molar-refractivity contribution in [2.45, 2.75) is 32.9 Å². The van der Waals surface area contributed by atoms with Crippen molar-refractivity contribution in [2.75, 3.05) is 0 Å². The van der Waals surface area contributed by atoms with E-state index in [1.807, 2.05) is 24.8 Å². The van der Waals surface area contributed by atoms with Crippen LogP contribution in [0.1, 0.15) is 29.4 Å². The Morgan fingerprint density at radius 3 is 2.94 bits per heavy atom. The maximum Gasteiger partial charge on any atom is 0.110 e. The molecule has 0 aliphatic rings. The smallest absolute Gasteiger partial charge is 0.110 e. The lowest BCUT2D eigenvalue weighted by atomic mass is 10.1. The van der Waals surface area contributed by atoms with Crippen LogP contribution in [0.5, 0.6) is 0 Å². The summed E-state index contributed by atoms with van der Waals surface area (Å²) in [5, 5.41) is 0. The summed E-state index contributed by atoms with van der Waals surface area (Å²) < 4.78 is 2.12. The fourth-order valence-electron chi connectivity index (χ4n) is 1.77. The van der Waals surface area contributed by atoms with E-state index in [-0.39, 0.29) is 6.04 Å². The van der Waals surface area contributed by atoms with Gasteiger partial charge in [0.2, 0.25) is 0 Å². The number of nitrogens with two attached hydrogens (primary N) is 1. The van der Waals surface area contributed by atoms with Crippen molar-refractivity contribution < 1.29 is 0 Å². The van der Waals surface area contributed by atoms with Gasteiger partial charge in [-0.15, -0.1) is 11.3 Å². The van der Waals surface area contributed by atoms with Crippen molar-refractivity contribution in [2.24, 2.45) is 5.73 Å². The highest BCUT2D eigenvalue weighted by atomic mass is 32.1. The molecule has 0 saturated carbocycles. The normalized spacial score (nSPS) is 12.9. The molecular weight excluding hydrogens is 220 g/mol. The lowest BCUT2D eigenvalue weighted by molar-refractivity contribution is 0.631. The average Bonchev–Trinajstić information content (AvgIpc) is 2.86. The van der Waals surface area contributed by atoms with Crippen molar-refractivity contribution in [3.63, 3.8) is 0 Å². The zero-order valence-electron chi connectivity index (χ0n) is 9.55. The molecule has 0 radical (unpaired) electrons. The van der Waals surface area contributed by atoms with Gasteiger partial charge in [-0.2, -0.15) is 0 Å². The maximum absolute atomic E-state index is 6.17. The number of hydrogen-bond acceptors (Lipinski definition) is 4. The first kappa shape index (κ1) is 11.3. The molecule has 0 bridgehead atoms. The third-order valence-corrected chi connectivity index (χ3v) is 3.73. The van der Waals surface area contributed by atoms with Crippen LogP contribution in [0.4, 0.5) is 0 Å². The third kappa shape index (κ3) is 2.15. The Morgan fingerprint density at radius 2 is 2.31 bits per heavy atom. The second-order valence-electron chi connectivity index (χ2n) is 3.74. The number of hydrogen-bond donors (Lipinski definition) is 1. The lowest BCUT2D eigenvalue weighted by Gasteiger charge is -2.11. The molecule has 0 saturated heterocycles. The first-order valence-corrected chi connectivity index (χ1v) is 6.26. The molecule has 4 nitrogen and oxygen atoms in total. The van der Waals surface area contributed by atoms with Gasteiger partial charge in [-0.05, 0) is 13.8 Å². The molecule has 0 fully saturated rings. The van der Waals surface area contributed by atoms with E-state index < -0.39 is 0 Å². The molecule has 2 aromatic rings. The van der Waals surface area contributed by atoms with Gasteiger partial charge in [0.15, 0.2) is 0 Å². The van der Waals surface area contributed by atoms with Gasteiger partial charge in [0.1, 0.15) is 5.82 Å². The molecule has 86 valence electrons. The number of imidazole rings is 1. The molecule has 16 heavy (non-hydrogen) atoms. The van der Waals surface area contributed by atoms with E-state index in [0.29, 0.717) is 0 Å². The molecule has 0 aliphatic heterocycles. The largest absolute Gasteiger partial charge is 0.335 e. The van der Waals surface area contributed by atoms with E-state index in [1.165, 1.54) is 0 Å². The van der Waals surface area contributed by atoms with E-state index >= 15 is 0 Å². The minimum absolute atomic E-state index is 0.000185. The van der Waals surface area contributed by atoms with Crippen molar-refractivity contribution in [1.82, 2.24) is 14.5 Å². The van der Waals surface area contributed by atoms with Crippen LogP contribution in [0.3, 0.4) is 0 Å². The summed E-state index contributed by atoms with van der Waals surface area (Å²) in [6.45, 7) is 5.04. The van der Waals surface area contributed by atoms with Crippen molar-refractivity contribution in [1.29, 1.82) is 0 Å². The second kappa shape index (κ2) is 4.76. The molecule has 0 amide bonds. The summed E-state index contributed by atoms with van der Waals surface area (Å²) in [7, 11) is 0. The zero-order chi connectivity index (χ0) is 11.5. The Morgan fingerprint density at radius 1 is 1.50 bits per heavy atom. The van der Waals surface area contributed by atoms with Crippen molar-refractivity contribution in [3.05, 3.63) is 34.3 Å². The van der Waals surface area contributed by atoms with E-state index in [1.54, 1.807) is 11.3 Å². The summed E-state index contributed by atoms with van der Waals surface area (Å²) in [5.41, 5.74) is 9.05. The van der Waals surface area contributed by atoms with Crippen LogP contribution in [-0.2, 0) is 13.0 Å². The Bertz CT molecular complexity index is 460. The maximum atomic E-state index is 6.17. The molecule has 2 aromatic heterocycles. The quantitative estimate of drug-likeness (QED) is 0.882. The minimum Gasteiger partial charge on any atom is -0.335 e. The highest BCUT2D eigenvalue weighted by Gasteiger charge is 2.14. The van der Waals surface area contributed by atoms with Crippen LogP contribution in [0, 0.1) is 6.92 Å². The average molecular weight is 236 g/mol. The van der Waals surface area contributed by atoms with E-state index in [4.69, 9.17) is 5.73 Å². The fraction of sp³-hybridized carbons (Fsp3) is 0.455. The second-order valence-corrected chi connectivity index (χ2v) is 4.63. The number of aromatic nitrogens is 3. The highest BCUT2D eigenvalue weighted by Crippen LogP contribution is 2.22. The molecule has 2 rings (SSSR count). The van der Waals surface area contributed by atoms with Gasteiger partial charge in [0, 0.05) is 36.3 Å². The van der Waals surface area contributed by atoms with Gasteiger partial charge in [-0.1, -0.05) is 0 Å². The molecular formula is C11H16N4S. The summed E-state index contributed by atoms with van der Waals surface area (Å²) in [6, 6.07) is 0.000185. The fourth-order valence-corrected chi connectivity index (χ4v) is 2.58. The van der Waals surface area contributed by atoms with Crippen LogP contribution in [-0.4, -0.2) is 14.5 Å². The van der Waals surface area contributed by atoms with E-state index in [9.17, 15) is 0 Å². The van der Waals surface area contributed by atoms with Crippen LogP contribution < -0.4 is 5.73 Å². The van der Waals surface area contributed by atoms with Gasteiger partial charge >= 0.3 is 0 Å². The van der Waals surface area contributed by atoms with E-state index in [2.05, 4.69) is 21.5 Å². The monoisotopic (exact) mass is 236 g/mol. The van der Waals surface area contributed by atoms with E-state index in [0.717, 1.165) is 29.4 Å². The summed E-state index contributed by atoms with van der Waals surface area (Å²) in [6.07, 6.45) is 4.58. The number of aryl methyl sites for hydroxylation is 2. The summed E-state index contributed by atoms with van der Waals surface area (Å²) in [5.74, 6) is 1.04. The number of rotatable bonds is 4. The van der Waals surface area contributed by atoms with Gasteiger partial charge in [0.05, 0.1) is 11.2 Å². The predicted molar refractivity (Wildman–Crippen MR) is 65.4 cm³/mol. The molecule has 0 spiro atoms. The molecule has 0 aliphatic carbocycles. The van der Waals surface area contributed by atoms with Gasteiger partial charge < -0.3 is 10.3 Å². The molecule has 5 heteroatoms. The summed E-state index contributed by atoms with van der Waals surface area (Å²) in [4.78, 5) is 9.71. The predicted octanol–water partition coefficient (Wildman–Crippen LogP) is 1.91. The number of thiazole rings is 1. The molecule has 2 N–H and O–H groups in total. The lowest BCUT2D eigenvalue weighted by Crippen LogP contribution is -2.16. The van der Waals surface area contributed by atoms with Gasteiger partial charge in [-0.3, -0.25) is 0 Å². The first-order chi connectivity index (χ1) is 7.72. The zero-order valence-corrected chi connectivity index (χ0v) is 10.4. The van der Waals surface area contributed by atoms with Gasteiger partial charge in [-0.25, -0.2) is 9.97 Å². The third-order valence-electron chi connectivity index (χ3n) is 2.66. The molecule has 2 heterocycles. The number of nitrogens with zero attached hydrogens (tertiary/aromatic N) is 3. The highest BCUT2D eigenvalue weighted by molar-refractivity contribution is 7.09. The Labute approximate surface area is 99.2 Å². The standard InChI is InChI=1S/C11H16N4S/c1-3-15-5-4-13-10(15)6-9(12)11-8(2)14-7-16-11/h4-5,7,9H,3,6,12H2,1-2H3. The summed E-state index contributed by atoms with van der Waals surface area (Å²) >= 11 is 1.62. The molecule has 1 atom stereocenters. The van der Waals surface area contributed by atoms with Crippen LogP contribution >= 0.6 is 11.3 Å². The minimum atomic E-state index is 0.000185. The first-order valence-electron chi connectivity index (χ1n) is 5.38. The Hall–Kier alpha value is -1.20. The Balaban J connectivity index is 2.13. The van der Waals surface area contributed by atoms with Crippen LogP contribution in [0.2, 0.25) is 0 Å². The molecule has 1 unspecified atom stereocenters. The SMILES string of the molecule is CCn1ccnc1CC(N)c1scnc1C. The Kier molecular flexibility index (Phi) is 3.36.